The highest BCUT2D eigenvalue weighted by Gasteiger charge is 2.11. The number of para-hydroxylation sites is 1. The van der Waals surface area contributed by atoms with E-state index in [9.17, 15) is 4.79 Å². The second-order valence-electron chi connectivity index (χ2n) is 4.00. The zero-order chi connectivity index (χ0) is 15.1. The zero-order valence-electron chi connectivity index (χ0n) is 11.5. The van der Waals surface area contributed by atoms with E-state index in [2.05, 4.69) is 32.4 Å². The highest BCUT2D eigenvalue weighted by Crippen LogP contribution is 2.20. The fourth-order valence-corrected chi connectivity index (χ4v) is 1.62. The maximum absolute atomic E-state index is 11.7. The van der Waals surface area contributed by atoms with Gasteiger partial charge in [-0.25, -0.2) is 4.79 Å². The molecule has 7 heteroatoms. The van der Waals surface area contributed by atoms with Crippen molar-refractivity contribution < 1.29 is 9.53 Å². The van der Waals surface area contributed by atoms with Crippen LogP contribution in [0.4, 0.5) is 17.5 Å². The van der Waals surface area contributed by atoms with Gasteiger partial charge in [-0.3, -0.25) is 0 Å². The Labute approximate surface area is 122 Å². The molecule has 0 amide bonds. The fraction of sp³-hybridized carbons (Fsp3) is 0.143. The summed E-state index contributed by atoms with van der Waals surface area (Å²) in [7, 11) is 1.34. The van der Waals surface area contributed by atoms with Crippen molar-refractivity contribution in [2.24, 2.45) is 0 Å². The second kappa shape index (κ2) is 6.99. The van der Waals surface area contributed by atoms with Gasteiger partial charge < -0.3 is 15.4 Å². The number of nitrogens with one attached hydrogen (secondary N) is 2. The highest BCUT2D eigenvalue weighted by molar-refractivity contribution is 5.96. The molecule has 0 atom stereocenters. The maximum atomic E-state index is 11.7. The molecule has 0 fully saturated rings. The van der Waals surface area contributed by atoms with E-state index in [4.69, 9.17) is 4.74 Å². The SMILES string of the molecule is C=CCNc1nncc(Nc2ccccc2C(=O)OC)n1. The lowest BCUT2D eigenvalue weighted by molar-refractivity contribution is 0.0602. The summed E-state index contributed by atoms with van der Waals surface area (Å²) in [5, 5.41) is 13.6. The number of benzene rings is 1. The fourth-order valence-electron chi connectivity index (χ4n) is 1.62. The van der Waals surface area contributed by atoms with Gasteiger partial charge in [0.2, 0.25) is 5.95 Å². The van der Waals surface area contributed by atoms with Gasteiger partial charge in [-0.2, -0.15) is 10.1 Å². The first-order valence-corrected chi connectivity index (χ1v) is 6.23. The van der Waals surface area contributed by atoms with Crippen LogP contribution in [0.5, 0.6) is 0 Å². The van der Waals surface area contributed by atoms with Crippen molar-refractivity contribution in [1.82, 2.24) is 15.2 Å². The standard InChI is InChI=1S/C14H15N5O2/c1-3-8-15-14-18-12(9-16-19-14)17-11-7-5-4-6-10(11)13(20)21-2/h3-7,9H,1,8H2,2H3,(H2,15,17,18,19). The van der Waals surface area contributed by atoms with Crippen molar-refractivity contribution >= 4 is 23.4 Å². The summed E-state index contributed by atoms with van der Waals surface area (Å²) in [5.41, 5.74) is 0.999. The van der Waals surface area contributed by atoms with Crippen LogP contribution in [-0.2, 0) is 4.74 Å². The molecule has 2 N–H and O–H groups in total. The molecule has 0 bridgehead atoms. The molecule has 0 aliphatic carbocycles. The topological polar surface area (TPSA) is 89.0 Å². The Bertz CT molecular complexity index is 645. The number of ether oxygens (including phenoxy) is 1. The molecule has 0 unspecified atom stereocenters. The van der Waals surface area contributed by atoms with E-state index < -0.39 is 5.97 Å². The third-order valence-corrected chi connectivity index (χ3v) is 2.56. The Kier molecular flexibility index (Phi) is 4.81. The van der Waals surface area contributed by atoms with E-state index in [-0.39, 0.29) is 0 Å². The molecule has 1 aromatic carbocycles. The third-order valence-electron chi connectivity index (χ3n) is 2.56. The Morgan fingerprint density at radius 1 is 1.43 bits per heavy atom. The third kappa shape index (κ3) is 3.75. The van der Waals surface area contributed by atoms with Crippen LogP contribution in [0.15, 0.2) is 43.1 Å². The first-order chi connectivity index (χ1) is 10.2. The smallest absolute Gasteiger partial charge is 0.339 e. The van der Waals surface area contributed by atoms with Crippen molar-refractivity contribution in [1.29, 1.82) is 0 Å². The van der Waals surface area contributed by atoms with Crippen LogP contribution in [-0.4, -0.2) is 34.8 Å². The number of hydrogen-bond donors (Lipinski definition) is 2. The molecule has 2 aromatic rings. The van der Waals surface area contributed by atoms with E-state index in [1.54, 1.807) is 30.3 Å². The summed E-state index contributed by atoms with van der Waals surface area (Å²) in [6, 6.07) is 6.98. The van der Waals surface area contributed by atoms with Crippen LogP contribution in [0, 0.1) is 0 Å². The molecule has 0 saturated heterocycles. The van der Waals surface area contributed by atoms with Gasteiger partial charge in [0.1, 0.15) is 0 Å². The molecule has 21 heavy (non-hydrogen) atoms. The van der Waals surface area contributed by atoms with Gasteiger partial charge in [-0.1, -0.05) is 18.2 Å². The lowest BCUT2D eigenvalue weighted by atomic mass is 10.2. The minimum atomic E-state index is -0.426. The van der Waals surface area contributed by atoms with Crippen molar-refractivity contribution in [3.8, 4) is 0 Å². The lowest BCUT2D eigenvalue weighted by Crippen LogP contribution is -2.08. The van der Waals surface area contributed by atoms with Crippen LogP contribution in [0.3, 0.4) is 0 Å². The van der Waals surface area contributed by atoms with E-state index in [1.807, 2.05) is 0 Å². The molecular formula is C14H15N5O2. The second-order valence-corrected chi connectivity index (χ2v) is 4.00. The average Bonchev–Trinajstić information content (AvgIpc) is 2.53. The number of nitrogens with zero attached hydrogens (tertiary/aromatic N) is 3. The molecule has 108 valence electrons. The van der Waals surface area contributed by atoms with Crippen molar-refractivity contribution in [2.75, 3.05) is 24.3 Å². The van der Waals surface area contributed by atoms with Crippen LogP contribution in [0.2, 0.25) is 0 Å². The Balaban J connectivity index is 2.22. The van der Waals surface area contributed by atoms with Crippen molar-refractivity contribution in [3.63, 3.8) is 0 Å². The number of carbonyl (C=O) groups is 1. The molecule has 7 nitrogen and oxygen atoms in total. The summed E-state index contributed by atoms with van der Waals surface area (Å²) < 4.78 is 4.74. The number of esters is 1. The zero-order valence-corrected chi connectivity index (χ0v) is 11.5. The number of aromatic nitrogens is 3. The minimum Gasteiger partial charge on any atom is -0.465 e. The molecule has 0 spiro atoms. The normalized spacial score (nSPS) is 9.76. The highest BCUT2D eigenvalue weighted by atomic mass is 16.5. The van der Waals surface area contributed by atoms with Gasteiger partial charge in [-0.15, -0.1) is 11.7 Å². The summed E-state index contributed by atoms with van der Waals surface area (Å²) in [4.78, 5) is 15.9. The van der Waals surface area contributed by atoms with E-state index in [0.717, 1.165) is 0 Å². The van der Waals surface area contributed by atoms with Crippen molar-refractivity contribution in [2.45, 2.75) is 0 Å². The van der Waals surface area contributed by atoms with Gasteiger partial charge in [0.25, 0.3) is 0 Å². The Morgan fingerprint density at radius 3 is 3.00 bits per heavy atom. The number of hydrogen-bond acceptors (Lipinski definition) is 7. The predicted octanol–water partition coefficient (Wildman–Crippen LogP) is 2.00. The van der Waals surface area contributed by atoms with Crippen LogP contribution in [0.1, 0.15) is 10.4 Å². The molecule has 0 radical (unpaired) electrons. The van der Waals surface area contributed by atoms with Gasteiger partial charge in [0.05, 0.1) is 24.6 Å². The summed E-state index contributed by atoms with van der Waals surface area (Å²) >= 11 is 0. The number of methoxy groups -OCH3 is 1. The summed E-state index contributed by atoms with van der Waals surface area (Å²) in [5.74, 6) is 0.411. The monoisotopic (exact) mass is 285 g/mol. The van der Waals surface area contributed by atoms with E-state index in [1.165, 1.54) is 13.3 Å². The minimum absolute atomic E-state index is 0.371. The quantitative estimate of drug-likeness (QED) is 0.619. The van der Waals surface area contributed by atoms with Crippen molar-refractivity contribution in [3.05, 3.63) is 48.7 Å². The molecule has 0 saturated carbocycles. The average molecular weight is 285 g/mol. The summed E-state index contributed by atoms with van der Waals surface area (Å²) in [6.07, 6.45) is 3.16. The molecule has 0 aliphatic heterocycles. The molecule has 1 heterocycles. The largest absolute Gasteiger partial charge is 0.465 e. The van der Waals surface area contributed by atoms with Crippen LogP contribution >= 0.6 is 0 Å². The van der Waals surface area contributed by atoms with Crippen LogP contribution in [0.25, 0.3) is 0 Å². The Morgan fingerprint density at radius 2 is 2.24 bits per heavy atom. The van der Waals surface area contributed by atoms with Gasteiger partial charge in [-0.05, 0) is 12.1 Å². The molecular weight excluding hydrogens is 270 g/mol. The first kappa shape index (κ1) is 14.4. The lowest BCUT2D eigenvalue weighted by Gasteiger charge is -2.10. The molecule has 0 aliphatic rings. The number of carbonyl (C=O) groups excluding carboxylic acids is 1. The van der Waals surface area contributed by atoms with Gasteiger partial charge >= 0.3 is 5.97 Å². The first-order valence-electron chi connectivity index (χ1n) is 6.23. The van der Waals surface area contributed by atoms with Gasteiger partial charge in [0, 0.05) is 6.54 Å². The summed E-state index contributed by atoms with van der Waals surface area (Å²) in [6.45, 7) is 4.13. The molecule has 1 aromatic heterocycles. The van der Waals surface area contributed by atoms with Crippen LogP contribution < -0.4 is 10.6 Å². The molecule has 2 rings (SSSR count). The Hall–Kier alpha value is -2.96. The van der Waals surface area contributed by atoms with Gasteiger partial charge in [0.15, 0.2) is 5.82 Å². The predicted molar refractivity (Wildman–Crippen MR) is 79.6 cm³/mol. The number of rotatable bonds is 6. The van der Waals surface area contributed by atoms with E-state index in [0.29, 0.717) is 29.6 Å². The maximum Gasteiger partial charge on any atom is 0.339 e. The number of anilines is 3. The van der Waals surface area contributed by atoms with E-state index >= 15 is 0 Å².